The highest BCUT2D eigenvalue weighted by Gasteiger charge is 2.44. The molecule has 3 N–H and O–H groups in total. The summed E-state index contributed by atoms with van der Waals surface area (Å²) in [7, 11) is 1.66. The van der Waals surface area contributed by atoms with Crippen LogP contribution < -0.4 is 16.0 Å². The molecular weight excluding hydrogens is 502 g/mol. The molecule has 1 saturated heterocycles. The number of halogens is 5. The molecule has 1 amide bonds. The molecule has 3 aromatic rings. The van der Waals surface area contributed by atoms with Crippen LogP contribution in [0.3, 0.4) is 0 Å². The first-order chi connectivity index (χ1) is 17.0. The van der Waals surface area contributed by atoms with Crippen molar-refractivity contribution in [2.75, 3.05) is 29.0 Å². The fraction of sp³-hybridized carbons (Fsp3) is 0.391. The third kappa shape index (κ3) is 4.45. The Balaban J connectivity index is 1.30. The van der Waals surface area contributed by atoms with Crippen LogP contribution in [-0.2, 0) is 13.2 Å². The lowest BCUT2D eigenvalue weighted by atomic mass is 9.97. The fourth-order valence-corrected chi connectivity index (χ4v) is 5.37. The average Bonchev–Trinajstić information content (AvgIpc) is 3.48. The Morgan fingerprint density at radius 3 is 2.44 bits per heavy atom. The number of aryl methyl sites for hydroxylation is 1. The van der Waals surface area contributed by atoms with E-state index in [1.807, 2.05) is 4.90 Å². The van der Waals surface area contributed by atoms with E-state index in [4.69, 9.17) is 17.3 Å². The number of nitrogen functional groups attached to an aromatic ring is 1. The lowest BCUT2D eigenvalue weighted by Gasteiger charge is -2.20. The summed E-state index contributed by atoms with van der Waals surface area (Å²) in [6, 6.07) is 3.89. The van der Waals surface area contributed by atoms with E-state index in [2.05, 4.69) is 20.4 Å². The first-order valence-corrected chi connectivity index (χ1v) is 11.6. The summed E-state index contributed by atoms with van der Waals surface area (Å²) < 4.78 is 53.3. The second-order valence-electron chi connectivity index (χ2n) is 9.20. The van der Waals surface area contributed by atoms with Gasteiger partial charge in [-0.3, -0.25) is 9.48 Å². The monoisotopic (exact) mass is 523 g/mol. The van der Waals surface area contributed by atoms with Crippen molar-refractivity contribution >= 4 is 34.8 Å². The smallest absolute Gasteiger partial charge is 0.383 e. The first-order valence-electron chi connectivity index (χ1n) is 11.2. The van der Waals surface area contributed by atoms with Crippen LogP contribution in [0.5, 0.6) is 0 Å². The zero-order chi connectivity index (χ0) is 25.8. The maximum atomic E-state index is 13.5. The van der Waals surface area contributed by atoms with Crippen molar-refractivity contribution in [3.05, 3.63) is 58.4 Å². The Hall–Kier alpha value is -3.41. The summed E-state index contributed by atoms with van der Waals surface area (Å²) >= 11 is 5.82. The van der Waals surface area contributed by atoms with Crippen LogP contribution in [0, 0.1) is 17.7 Å². The van der Waals surface area contributed by atoms with Crippen LogP contribution in [0.1, 0.15) is 40.5 Å². The molecule has 0 radical (unpaired) electrons. The van der Waals surface area contributed by atoms with E-state index in [1.54, 1.807) is 7.05 Å². The SMILES string of the molecule is Cn1nc(C2CC3CN(c4cnc(C(F)(F)F)cn4)CC3C2)c(C(=O)Nc2ccc(F)c(Cl)c2)c1N. The number of nitrogens with zero attached hydrogens (tertiary/aromatic N) is 5. The third-order valence-corrected chi connectivity index (χ3v) is 7.20. The molecule has 1 saturated carbocycles. The molecule has 1 aliphatic carbocycles. The van der Waals surface area contributed by atoms with Crippen molar-refractivity contribution in [2.45, 2.75) is 24.9 Å². The predicted molar refractivity (Wildman–Crippen MR) is 125 cm³/mol. The van der Waals surface area contributed by atoms with Crippen molar-refractivity contribution in [3.63, 3.8) is 0 Å². The van der Waals surface area contributed by atoms with Crippen molar-refractivity contribution in [1.82, 2.24) is 19.7 Å². The van der Waals surface area contributed by atoms with Gasteiger partial charge in [0, 0.05) is 31.7 Å². The number of anilines is 3. The maximum Gasteiger partial charge on any atom is 0.434 e. The van der Waals surface area contributed by atoms with Gasteiger partial charge in [-0.2, -0.15) is 18.3 Å². The van der Waals surface area contributed by atoms with Gasteiger partial charge in [0.25, 0.3) is 5.91 Å². The molecule has 2 fully saturated rings. The number of hydrogen-bond acceptors (Lipinski definition) is 6. The number of alkyl halides is 3. The van der Waals surface area contributed by atoms with E-state index in [-0.39, 0.29) is 34.2 Å². The van der Waals surface area contributed by atoms with Crippen molar-refractivity contribution in [2.24, 2.45) is 18.9 Å². The Kier molecular flexibility index (Phi) is 6.01. The van der Waals surface area contributed by atoms with Gasteiger partial charge in [-0.15, -0.1) is 0 Å². The van der Waals surface area contributed by atoms with E-state index in [9.17, 15) is 22.4 Å². The van der Waals surface area contributed by atoms with Gasteiger partial charge in [-0.25, -0.2) is 14.4 Å². The van der Waals surface area contributed by atoms with Gasteiger partial charge in [0.15, 0.2) is 5.69 Å². The number of carbonyl (C=O) groups excluding carboxylic acids is 1. The molecule has 0 spiro atoms. The van der Waals surface area contributed by atoms with E-state index in [0.717, 1.165) is 31.3 Å². The molecule has 8 nitrogen and oxygen atoms in total. The van der Waals surface area contributed by atoms with Crippen LogP contribution in [-0.4, -0.2) is 38.7 Å². The number of rotatable bonds is 4. The van der Waals surface area contributed by atoms with E-state index in [0.29, 0.717) is 30.3 Å². The minimum atomic E-state index is -4.53. The fourth-order valence-electron chi connectivity index (χ4n) is 5.19. The summed E-state index contributed by atoms with van der Waals surface area (Å²) in [5, 5.41) is 7.12. The van der Waals surface area contributed by atoms with Gasteiger partial charge >= 0.3 is 6.18 Å². The summed E-state index contributed by atoms with van der Waals surface area (Å²) in [5.41, 5.74) is 6.36. The van der Waals surface area contributed by atoms with Crippen molar-refractivity contribution in [3.8, 4) is 0 Å². The second-order valence-corrected chi connectivity index (χ2v) is 9.61. The quantitative estimate of drug-likeness (QED) is 0.489. The van der Waals surface area contributed by atoms with Crippen molar-refractivity contribution < 1.29 is 22.4 Å². The third-order valence-electron chi connectivity index (χ3n) is 6.91. The number of nitrogens with two attached hydrogens (primary N) is 1. The Labute approximate surface area is 208 Å². The Morgan fingerprint density at radius 2 is 1.86 bits per heavy atom. The largest absolute Gasteiger partial charge is 0.434 e. The minimum absolute atomic E-state index is 0.0121. The van der Waals surface area contributed by atoms with E-state index in [1.165, 1.54) is 16.8 Å². The number of hydrogen-bond donors (Lipinski definition) is 2. The molecule has 2 unspecified atom stereocenters. The molecule has 1 aromatic carbocycles. The summed E-state index contributed by atoms with van der Waals surface area (Å²) in [5.74, 6) is 0.0794. The highest BCUT2D eigenvalue weighted by molar-refractivity contribution is 6.31. The van der Waals surface area contributed by atoms with Gasteiger partial charge < -0.3 is 16.0 Å². The van der Waals surface area contributed by atoms with Crippen LogP contribution in [0.4, 0.5) is 34.9 Å². The lowest BCUT2D eigenvalue weighted by molar-refractivity contribution is -0.141. The number of nitrogens with one attached hydrogen (secondary N) is 1. The molecule has 13 heteroatoms. The number of amides is 1. The van der Waals surface area contributed by atoms with Crippen LogP contribution >= 0.6 is 11.6 Å². The number of fused-ring (bicyclic) bond motifs is 1. The Morgan fingerprint density at radius 1 is 1.17 bits per heavy atom. The summed E-state index contributed by atoms with van der Waals surface area (Å²) in [4.78, 5) is 22.5. The standard InChI is InChI=1S/C23H22ClF4N7O/c1-34-21(29)19(22(36)32-14-2-3-16(25)15(24)6-14)20(33-34)11-4-12-9-35(10-13(12)5-11)18-8-30-17(7-31-18)23(26,27)28/h2-3,6-8,11-13H,4-5,9-10,29H2,1H3,(H,32,36). The molecule has 2 atom stereocenters. The van der Waals surface area contributed by atoms with Crippen LogP contribution in [0.15, 0.2) is 30.6 Å². The highest BCUT2D eigenvalue weighted by Crippen LogP contribution is 2.47. The lowest BCUT2D eigenvalue weighted by Crippen LogP contribution is -2.23. The maximum absolute atomic E-state index is 13.5. The van der Waals surface area contributed by atoms with E-state index >= 15 is 0 Å². The molecular formula is C23H22ClF4N7O. The predicted octanol–water partition coefficient (Wildman–Crippen LogP) is 4.49. The number of benzene rings is 1. The zero-order valence-electron chi connectivity index (χ0n) is 19.1. The first kappa shape index (κ1) is 24.3. The molecule has 1 aliphatic heterocycles. The average molecular weight is 524 g/mol. The second kappa shape index (κ2) is 8.91. The van der Waals surface area contributed by atoms with Crippen molar-refractivity contribution in [1.29, 1.82) is 0 Å². The van der Waals surface area contributed by atoms with Gasteiger partial charge in [0.1, 0.15) is 23.0 Å². The molecule has 36 heavy (non-hydrogen) atoms. The Bertz CT molecular complexity index is 1300. The summed E-state index contributed by atoms with van der Waals surface area (Å²) in [6.45, 7) is 1.25. The zero-order valence-corrected chi connectivity index (χ0v) is 19.8. The molecule has 3 heterocycles. The van der Waals surface area contributed by atoms with E-state index < -0.39 is 23.6 Å². The van der Waals surface area contributed by atoms with Gasteiger partial charge in [-0.1, -0.05) is 11.6 Å². The molecule has 0 bridgehead atoms. The molecule has 5 rings (SSSR count). The normalized spacial score (nSPS) is 21.6. The number of aromatic nitrogens is 4. The summed E-state index contributed by atoms with van der Waals surface area (Å²) in [6.07, 6.45) is -1.13. The number of carbonyl (C=O) groups is 1. The highest BCUT2D eigenvalue weighted by atomic mass is 35.5. The molecule has 2 aromatic heterocycles. The molecule has 2 aliphatic rings. The minimum Gasteiger partial charge on any atom is -0.383 e. The van der Waals surface area contributed by atoms with Gasteiger partial charge in [0.05, 0.1) is 23.1 Å². The van der Waals surface area contributed by atoms with Crippen LogP contribution in [0.2, 0.25) is 5.02 Å². The molecule has 190 valence electrons. The van der Waals surface area contributed by atoms with Gasteiger partial charge in [-0.05, 0) is 42.9 Å². The van der Waals surface area contributed by atoms with Gasteiger partial charge in [0.2, 0.25) is 0 Å². The topological polar surface area (TPSA) is 102 Å². The van der Waals surface area contributed by atoms with Crippen LogP contribution in [0.25, 0.3) is 0 Å².